The second-order valence-corrected chi connectivity index (χ2v) is 5.21. The molecule has 3 N–H and O–H groups in total. The van der Waals surface area contributed by atoms with Gasteiger partial charge in [-0.1, -0.05) is 20.8 Å². The number of nitrogens with two attached hydrogens (primary N) is 1. The van der Waals surface area contributed by atoms with Gasteiger partial charge in [0, 0.05) is 6.54 Å². The fourth-order valence-corrected chi connectivity index (χ4v) is 2.05. The van der Waals surface area contributed by atoms with Crippen LogP contribution in [0.4, 0.5) is 0 Å². The van der Waals surface area contributed by atoms with Crippen LogP contribution in [0, 0.1) is 0 Å². The number of rotatable bonds is 11. The van der Waals surface area contributed by atoms with Crippen molar-refractivity contribution in [2.24, 2.45) is 5.73 Å². The molecule has 0 aliphatic heterocycles. The largest absolute Gasteiger partial charge is 0.368 e. The Kier molecular flexibility index (Phi) is 9.02. The fourth-order valence-electron chi connectivity index (χ4n) is 2.05. The van der Waals surface area contributed by atoms with Crippen molar-refractivity contribution in [1.29, 1.82) is 0 Å². The Balaban J connectivity index is 4.34. The molecule has 0 saturated heterocycles. The Hall–Kier alpha value is -0.610. The molecule has 1 unspecified atom stereocenters. The maximum absolute atomic E-state index is 11.6. The average Bonchev–Trinajstić information content (AvgIpc) is 2.34. The molecule has 0 heterocycles. The van der Waals surface area contributed by atoms with Gasteiger partial charge in [-0.2, -0.15) is 0 Å². The highest BCUT2D eigenvalue weighted by atomic mass is 16.1. The van der Waals surface area contributed by atoms with Crippen molar-refractivity contribution < 1.29 is 4.79 Å². The molecule has 0 radical (unpaired) electrons. The molecule has 0 fully saturated rings. The minimum Gasteiger partial charge on any atom is -0.368 e. The van der Waals surface area contributed by atoms with Gasteiger partial charge in [-0.25, -0.2) is 0 Å². The van der Waals surface area contributed by atoms with E-state index in [1.165, 1.54) is 0 Å². The Morgan fingerprint density at radius 2 is 1.67 bits per heavy atom. The first-order chi connectivity index (χ1) is 8.50. The van der Waals surface area contributed by atoms with E-state index in [4.69, 9.17) is 5.73 Å². The Morgan fingerprint density at radius 3 is 2.06 bits per heavy atom. The highest BCUT2D eigenvalue weighted by molar-refractivity contribution is 5.84. The minimum atomic E-state index is -0.574. The van der Waals surface area contributed by atoms with Crippen LogP contribution in [-0.4, -0.2) is 42.5 Å². The molecular weight excluding hydrogens is 226 g/mol. The topological polar surface area (TPSA) is 58.4 Å². The van der Waals surface area contributed by atoms with Crippen LogP contribution in [0.3, 0.4) is 0 Å². The van der Waals surface area contributed by atoms with E-state index in [2.05, 4.69) is 31.0 Å². The van der Waals surface area contributed by atoms with E-state index in [-0.39, 0.29) is 5.91 Å². The molecule has 0 spiro atoms. The maximum Gasteiger partial charge on any atom is 0.237 e. The van der Waals surface area contributed by atoms with Crippen LogP contribution in [0.5, 0.6) is 0 Å². The standard InChI is InChI=1S/C14H31N3O/c1-5-9-16-14(4,13(15)18)8-12-17(10-6-2)11-7-3/h16H,5-12H2,1-4H3,(H2,15,18). The fraction of sp³-hybridized carbons (Fsp3) is 0.929. The number of hydrogen-bond acceptors (Lipinski definition) is 3. The van der Waals surface area contributed by atoms with Crippen molar-refractivity contribution in [2.75, 3.05) is 26.2 Å². The molecule has 0 aromatic rings. The lowest BCUT2D eigenvalue weighted by Crippen LogP contribution is -2.54. The van der Waals surface area contributed by atoms with Crippen molar-refractivity contribution in [3.63, 3.8) is 0 Å². The first kappa shape index (κ1) is 17.4. The van der Waals surface area contributed by atoms with Gasteiger partial charge in [0.15, 0.2) is 0 Å². The van der Waals surface area contributed by atoms with E-state index in [1.54, 1.807) is 0 Å². The van der Waals surface area contributed by atoms with E-state index in [0.717, 1.165) is 51.9 Å². The molecule has 0 rings (SSSR count). The lowest BCUT2D eigenvalue weighted by atomic mass is 9.96. The first-order valence-corrected chi connectivity index (χ1v) is 7.27. The highest BCUT2D eigenvalue weighted by Crippen LogP contribution is 2.11. The summed E-state index contributed by atoms with van der Waals surface area (Å²) in [6.45, 7) is 12.3. The molecule has 108 valence electrons. The van der Waals surface area contributed by atoms with E-state index in [1.807, 2.05) is 6.92 Å². The van der Waals surface area contributed by atoms with Gasteiger partial charge in [0.25, 0.3) is 0 Å². The summed E-state index contributed by atoms with van der Waals surface area (Å²) in [5.41, 5.74) is 4.95. The van der Waals surface area contributed by atoms with Crippen LogP contribution in [-0.2, 0) is 4.79 Å². The molecule has 1 atom stereocenters. The number of amides is 1. The molecule has 4 heteroatoms. The van der Waals surface area contributed by atoms with Crippen LogP contribution >= 0.6 is 0 Å². The SMILES string of the molecule is CCCNC(C)(CCN(CCC)CCC)C(N)=O. The van der Waals surface area contributed by atoms with Crippen LogP contribution in [0.1, 0.15) is 53.4 Å². The van der Waals surface area contributed by atoms with Crippen LogP contribution in [0.25, 0.3) is 0 Å². The molecule has 0 saturated carbocycles. The summed E-state index contributed by atoms with van der Waals surface area (Å²) in [7, 11) is 0. The van der Waals surface area contributed by atoms with Gasteiger partial charge >= 0.3 is 0 Å². The molecule has 18 heavy (non-hydrogen) atoms. The molecule has 0 aliphatic carbocycles. The van der Waals surface area contributed by atoms with Crippen molar-refractivity contribution in [2.45, 2.75) is 58.9 Å². The summed E-state index contributed by atoms with van der Waals surface area (Å²) in [5, 5.41) is 3.28. The third-order valence-corrected chi connectivity index (χ3v) is 3.32. The Morgan fingerprint density at radius 1 is 1.11 bits per heavy atom. The van der Waals surface area contributed by atoms with Gasteiger partial charge in [-0.05, 0) is 52.2 Å². The summed E-state index contributed by atoms with van der Waals surface area (Å²) in [6.07, 6.45) is 4.09. The van der Waals surface area contributed by atoms with E-state index in [0.29, 0.717) is 0 Å². The van der Waals surface area contributed by atoms with Gasteiger partial charge in [-0.3, -0.25) is 4.79 Å². The summed E-state index contributed by atoms with van der Waals surface area (Å²) in [5.74, 6) is -0.246. The zero-order valence-corrected chi connectivity index (χ0v) is 12.6. The van der Waals surface area contributed by atoms with Gasteiger partial charge < -0.3 is 16.0 Å². The van der Waals surface area contributed by atoms with Crippen molar-refractivity contribution in [1.82, 2.24) is 10.2 Å². The number of carbonyl (C=O) groups excluding carboxylic acids is 1. The number of primary amides is 1. The third-order valence-electron chi connectivity index (χ3n) is 3.32. The van der Waals surface area contributed by atoms with Gasteiger partial charge in [0.2, 0.25) is 5.91 Å². The lowest BCUT2D eigenvalue weighted by Gasteiger charge is -2.31. The quantitative estimate of drug-likeness (QED) is 0.593. The van der Waals surface area contributed by atoms with Crippen LogP contribution in [0.15, 0.2) is 0 Å². The molecule has 0 aromatic heterocycles. The summed E-state index contributed by atoms with van der Waals surface area (Å²) in [4.78, 5) is 14.0. The second kappa shape index (κ2) is 9.34. The normalized spacial score (nSPS) is 14.7. The third kappa shape index (κ3) is 6.36. The number of hydrogen-bond donors (Lipinski definition) is 2. The molecule has 0 bridgehead atoms. The Labute approximate surface area is 112 Å². The molecule has 0 aliphatic rings. The number of nitrogens with zero attached hydrogens (tertiary/aromatic N) is 1. The molecule has 4 nitrogen and oxygen atoms in total. The maximum atomic E-state index is 11.6. The van der Waals surface area contributed by atoms with E-state index in [9.17, 15) is 4.79 Å². The minimum absolute atomic E-state index is 0.246. The molecular formula is C14H31N3O. The highest BCUT2D eigenvalue weighted by Gasteiger charge is 2.30. The Bertz CT molecular complexity index is 227. The summed E-state index contributed by atoms with van der Waals surface area (Å²) >= 11 is 0. The van der Waals surface area contributed by atoms with Crippen molar-refractivity contribution in [3.8, 4) is 0 Å². The van der Waals surface area contributed by atoms with Gasteiger partial charge in [0.1, 0.15) is 0 Å². The van der Waals surface area contributed by atoms with Crippen LogP contribution in [0.2, 0.25) is 0 Å². The first-order valence-electron chi connectivity index (χ1n) is 7.27. The predicted octanol–water partition coefficient (Wildman–Crippen LogP) is 1.74. The van der Waals surface area contributed by atoms with Gasteiger partial charge in [-0.15, -0.1) is 0 Å². The second-order valence-electron chi connectivity index (χ2n) is 5.21. The number of carbonyl (C=O) groups is 1. The van der Waals surface area contributed by atoms with Gasteiger partial charge in [0.05, 0.1) is 5.54 Å². The summed E-state index contributed by atoms with van der Waals surface area (Å²) < 4.78 is 0. The van der Waals surface area contributed by atoms with Crippen LogP contribution < -0.4 is 11.1 Å². The van der Waals surface area contributed by atoms with E-state index < -0.39 is 5.54 Å². The monoisotopic (exact) mass is 257 g/mol. The average molecular weight is 257 g/mol. The molecule has 1 amide bonds. The van der Waals surface area contributed by atoms with Crippen molar-refractivity contribution in [3.05, 3.63) is 0 Å². The predicted molar refractivity (Wildman–Crippen MR) is 77.5 cm³/mol. The summed E-state index contributed by atoms with van der Waals surface area (Å²) in [6, 6.07) is 0. The van der Waals surface area contributed by atoms with E-state index >= 15 is 0 Å². The zero-order valence-electron chi connectivity index (χ0n) is 12.6. The van der Waals surface area contributed by atoms with Crippen molar-refractivity contribution >= 4 is 5.91 Å². The number of nitrogens with one attached hydrogen (secondary N) is 1. The molecule has 0 aromatic carbocycles. The zero-order chi connectivity index (χ0) is 14.0. The smallest absolute Gasteiger partial charge is 0.237 e. The lowest BCUT2D eigenvalue weighted by molar-refractivity contribution is -0.124.